The molecule has 0 aromatic carbocycles. The lowest BCUT2D eigenvalue weighted by Gasteiger charge is -2.31. The highest BCUT2D eigenvalue weighted by molar-refractivity contribution is 7.87. The van der Waals surface area contributed by atoms with E-state index < -0.39 is 45.4 Å². The summed E-state index contributed by atoms with van der Waals surface area (Å²) in [5, 5.41) is -7.08. The van der Waals surface area contributed by atoms with E-state index in [0.29, 0.717) is 0 Å². The molecule has 22 heavy (non-hydrogen) atoms. The van der Waals surface area contributed by atoms with Crippen molar-refractivity contribution in [2.75, 3.05) is 0 Å². The third-order valence-electron chi connectivity index (χ3n) is 1.73. The predicted octanol–water partition coefficient (Wildman–Crippen LogP) is 3.38. The molecule has 0 rings (SSSR count). The zero-order chi connectivity index (χ0) is 18.4. The Morgan fingerprint density at radius 1 is 0.864 bits per heavy atom. The fraction of sp³-hybridized carbons (Fsp3) is 0.667. The minimum Gasteiger partial charge on any atom is -0.281 e. The molecule has 0 unspecified atom stereocenters. The van der Waals surface area contributed by atoms with Crippen molar-refractivity contribution >= 4 is 10.1 Å². The van der Waals surface area contributed by atoms with E-state index in [2.05, 4.69) is 0 Å². The second-order valence-electron chi connectivity index (χ2n) is 3.28. The molecule has 4 nitrogen and oxygen atoms in total. The molecule has 0 aliphatic heterocycles. The van der Waals surface area contributed by atoms with Gasteiger partial charge in [-0.1, -0.05) is 0 Å². The second-order valence-corrected chi connectivity index (χ2v) is 4.74. The van der Waals surface area contributed by atoms with E-state index in [1.165, 1.54) is 0 Å². The minimum absolute atomic E-state index is 1.61. The quantitative estimate of drug-likeness (QED) is 0.569. The molecule has 0 aromatic heterocycles. The van der Waals surface area contributed by atoms with Gasteiger partial charge in [0, 0.05) is 0 Å². The summed E-state index contributed by atoms with van der Waals surface area (Å²) < 4.78 is 164. The van der Waals surface area contributed by atoms with Gasteiger partial charge in [-0.05, 0) is 0 Å². The van der Waals surface area contributed by atoms with Crippen molar-refractivity contribution in [2.45, 2.75) is 23.4 Å². The lowest BCUT2D eigenvalue weighted by atomic mass is 10.3. The predicted molar refractivity (Wildman–Crippen MR) is 42.8 cm³/mol. The molecule has 16 heteroatoms. The number of halogens is 11. The van der Waals surface area contributed by atoms with Gasteiger partial charge in [-0.2, -0.15) is 56.7 Å². The van der Waals surface area contributed by atoms with Crippen LogP contribution in [-0.4, -0.2) is 36.4 Å². The molecule has 0 fully saturated rings. The summed E-state index contributed by atoms with van der Waals surface area (Å²) in [6.07, 6.45) is -17.7. The van der Waals surface area contributed by atoms with Gasteiger partial charge in [0.2, 0.25) is 0 Å². The molecule has 0 aromatic rings. The van der Waals surface area contributed by atoms with E-state index in [9.17, 15) is 56.7 Å². The zero-order valence-electron chi connectivity index (χ0n) is 9.24. The van der Waals surface area contributed by atoms with Crippen molar-refractivity contribution in [3.63, 3.8) is 0 Å². The highest BCUT2D eigenvalue weighted by Crippen LogP contribution is 2.51. The van der Waals surface area contributed by atoms with E-state index in [4.69, 9.17) is 4.55 Å². The summed E-state index contributed by atoms with van der Waals surface area (Å²) in [5.74, 6) is -11.5. The minimum atomic E-state index is -7.38. The van der Waals surface area contributed by atoms with Crippen molar-refractivity contribution in [3.8, 4) is 0 Å². The Morgan fingerprint density at radius 2 is 1.23 bits per heavy atom. The number of hydrogen-bond acceptors (Lipinski definition) is 3. The van der Waals surface area contributed by atoms with Crippen LogP contribution in [0.3, 0.4) is 0 Å². The molecule has 0 amide bonds. The summed E-state index contributed by atoms with van der Waals surface area (Å²) in [7, 11) is -7.28. The fourth-order valence-electron chi connectivity index (χ4n) is 0.711. The van der Waals surface area contributed by atoms with Crippen LogP contribution in [0.2, 0.25) is 0 Å². The van der Waals surface area contributed by atoms with E-state index in [1.807, 2.05) is 0 Å². The molecule has 0 saturated heterocycles. The average molecular weight is 378 g/mol. The van der Waals surface area contributed by atoms with Gasteiger partial charge in [-0.25, -0.2) is 4.74 Å². The summed E-state index contributed by atoms with van der Waals surface area (Å²) in [4.78, 5) is 0. The summed E-state index contributed by atoms with van der Waals surface area (Å²) in [5.41, 5.74) is 0. The van der Waals surface area contributed by atoms with Gasteiger partial charge >= 0.3 is 39.6 Å². The van der Waals surface area contributed by atoms with Gasteiger partial charge in [0.25, 0.3) is 5.83 Å². The molecule has 0 aliphatic rings. The summed E-state index contributed by atoms with van der Waals surface area (Å²) in [6.45, 7) is 0. The Labute approximate surface area is 112 Å². The van der Waals surface area contributed by atoms with Crippen molar-refractivity contribution in [1.82, 2.24) is 0 Å². The normalized spacial score (nSPS) is 14.9. The smallest absolute Gasteiger partial charge is 0.281 e. The first-order valence-electron chi connectivity index (χ1n) is 4.21. The summed E-state index contributed by atoms with van der Waals surface area (Å²) in [6, 6.07) is 0. The monoisotopic (exact) mass is 378 g/mol. The van der Waals surface area contributed by atoms with Crippen LogP contribution in [0, 0.1) is 0 Å². The Bertz CT molecular complexity index is 561. The first-order valence-corrected chi connectivity index (χ1v) is 5.65. The van der Waals surface area contributed by atoms with Crippen LogP contribution in [-0.2, 0) is 14.9 Å². The van der Waals surface area contributed by atoms with Gasteiger partial charge in [-0.3, -0.25) is 4.55 Å². The van der Waals surface area contributed by atoms with Crippen LogP contribution in [0.5, 0.6) is 0 Å². The van der Waals surface area contributed by atoms with Crippen molar-refractivity contribution in [1.29, 1.82) is 0 Å². The molecule has 0 aliphatic carbocycles. The van der Waals surface area contributed by atoms with Crippen molar-refractivity contribution in [3.05, 3.63) is 11.9 Å². The average Bonchev–Trinajstić information content (AvgIpc) is 2.24. The van der Waals surface area contributed by atoms with Crippen LogP contribution in [0.4, 0.5) is 48.3 Å². The molecule has 0 atom stereocenters. The van der Waals surface area contributed by atoms with Gasteiger partial charge in [0.1, 0.15) is 0 Å². The van der Waals surface area contributed by atoms with Crippen LogP contribution in [0.15, 0.2) is 11.9 Å². The lowest BCUT2D eigenvalue weighted by molar-refractivity contribution is -0.443. The van der Waals surface area contributed by atoms with Gasteiger partial charge in [0.05, 0.1) is 0 Å². The Kier molecular flexibility index (Phi) is 5.19. The third kappa shape index (κ3) is 3.43. The van der Waals surface area contributed by atoms with Gasteiger partial charge in [0.15, 0.2) is 0 Å². The topological polar surface area (TPSA) is 63.6 Å². The van der Waals surface area contributed by atoms with Crippen LogP contribution < -0.4 is 0 Å². The molecule has 0 radical (unpaired) electrons. The number of rotatable bonds is 6. The van der Waals surface area contributed by atoms with Crippen LogP contribution in [0.25, 0.3) is 0 Å². The standard InChI is InChI=1S/C6HF11O4S/c7-1(2(8)9)3(10,11)21-5(14,15)4(12,13)6(16,17)22(18,19)20/h(H,18,19,20). The van der Waals surface area contributed by atoms with Crippen molar-refractivity contribution in [2.24, 2.45) is 0 Å². The Hall–Kier alpha value is -1.16. The fourth-order valence-corrected chi connectivity index (χ4v) is 1.15. The first-order chi connectivity index (χ1) is 9.31. The highest BCUT2D eigenvalue weighted by atomic mass is 32.2. The second kappa shape index (κ2) is 5.48. The van der Waals surface area contributed by atoms with Gasteiger partial charge in [-0.15, -0.1) is 0 Å². The molecular weight excluding hydrogens is 377 g/mol. The Morgan fingerprint density at radius 3 is 1.50 bits per heavy atom. The number of alkyl halides is 8. The molecule has 0 saturated carbocycles. The maximum absolute atomic E-state index is 12.6. The molecule has 1 N–H and O–H groups in total. The highest BCUT2D eigenvalue weighted by Gasteiger charge is 2.80. The molecule has 0 spiro atoms. The van der Waals surface area contributed by atoms with E-state index in [1.54, 1.807) is 4.74 Å². The lowest BCUT2D eigenvalue weighted by Crippen LogP contribution is -2.60. The molecule has 0 bridgehead atoms. The first kappa shape index (κ1) is 20.8. The third-order valence-corrected chi connectivity index (χ3v) is 2.64. The maximum atomic E-state index is 12.6. The summed E-state index contributed by atoms with van der Waals surface area (Å²) >= 11 is 0. The largest absolute Gasteiger partial charge is 0.440 e. The van der Waals surface area contributed by atoms with Gasteiger partial charge < -0.3 is 0 Å². The number of ether oxygens (including phenoxy) is 1. The zero-order valence-corrected chi connectivity index (χ0v) is 10.1. The Balaban J connectivity index is 5.91. The van der Waals surface area contributed by atoms with Crippen LogP contribution in [0.1, 0.15) is 0 Å². The maximum Gasteiger partial charge on any atom is 0.440 e. The molecule has 132 valence electrons. The van der Waals surface area contributed by atoms with Crippen molar-refractivity contribution < 1.29 is 66.0 Å². The van der Waals surface area contributed by atoms with E-state index >= 15 is 0 Å². The van der Waals surface area contributed by atoms with E-state index in [-0.39, 0.29) is 0 Å². The molecule has 0 heterocycles. The molecular formula is C6HF11O4S. The SMILES string of the molecule is O=S(=O)(O)C(F)(F)C(F)(F)C(F)(F)OC(F)(F)C(F)=C(F)F. The van der Waals surface area contributed by atoms with E-state index in [0.717, 1.165) is 0 Å². The number of hydrogen-bond donors (Lipinski definition) is 1. The van der Waals surface area contributed by atoms with Crippen LogP contribution >= 0.6 is 0 Å².